The van der Waals surface area contributed by atoms with Gasteiger partial charge in [-0.3, -0.25) is 9.69 Å². The summed E-state index contributed by atoms with van der Waals surface area (Å²) in [6.07, 6.45) is 6.84. The number of fused-ring (bicyclic) bond motifs is 3. The maximum Gasteiger partial charge on any atom is 0.227 e. The number of aryl methyl sites for hydroxylation is 2. The summed E-state index contributed by atoms with van der Waals surface area (Å²) in [7, 11) is 2.19. The van der Waals surface area contributed by atoms with Crippen LogP contribution in [-0.2, 0) is 23.2 Å². The lowest BCUT2D eigenvalue weighted by atomic mass is 9.79. The van der Waals surface area contributed by atoms with E-state index in [-0.39, 0.29) is 11.4 Å². The van der Waals surface area contributed by atoms with Crippen LogP contribution in [0.3, 0.4) is 0 Å². The molecule has 2 aromatic heterocycles. The summed E-state index contributed by atoms with van der Waals surface area (Å²) in [5.74, 6) is 0.184. The number of H-pyrrole nitrogens is 1. The highest BCUT2D eigenvalue weighted by Crippen LogP contribution is 2.41. The van der Waals surface area contributed by atoms with Gasteiger partial charge < -0.3 is 14.3 Å². The number of hydrogen-bond donors (Lipinski definition) is 1. The van der Waals surface area contributed by atoms with E-state index in [1.54, 1.807) is 6.26 Å². The predicted octanol–water partition coefficient (Wildman–Crippen LogP) is 3.32. The number of hydrogen-bond acceptors (Lipinski definition) is 4. The number of imidazole rings is 1. The second-order valence-corrected chi connectivity index (χ2v) is 8.71. The SMILES string of the molecule is Cc1cc(C)c2c(CC(=O)N3CCC4(CC3)c3nc[nH]c3CCN4C)coc2c1. The molecule has 3 aromatic rings. The van der Waals surface area contributed by atoms with E-state index in [0.717, 1.165) is 55.4 Å². The Morgan fingerprint density at radius 3 is 2.83 bits per heavy atom. The molecule has 0 aliphatic carbocycles. The molecule has 1 N–H and O–H groups in total. The minimum absolute atomic E-state index is 0.0409. The second-order valence-electron chi connectivity index (χ2n) is 8.71. The van der Waals surface area contributed by atoms with Crippen LogP contribution in [0.1, 0.15) is 40.9 Å². The van der Waals surface area contributed by atoms with Gasteiger partial charge >= 0.3 is 0 Å². The Balaban J connectivity index is 1.33. The third kappa shape index (κ3) is 2.89. The fourth-order valence-corrected chi connectivity index (χ4v) is 5.36. The molecule has 0 radical (unpaired) electrons. The van der Waals surface area contributed by atoms with E-state index in [4.69, 9.17) is 4.42 Å². The van der Waals surface area contributed by atoms with Gasteiger partial charge in [0, 0.05) is 42.7 Å². The molecule has 0 unspecified atom stereocenters. The van der Waals surface area contributed by atoms with E-state index in [2.05, 4.69) is 41.8 Å². The lowest BCUT2D eigenvalue weighted by Crippen LogP contribution is -2.55. The number of piperidine rings is 1. The number of likely N-dealkylation sites (N-methyl/N-ethyl adjacent to an activating group) is 1. The molecule has 1 saturated heterocycles. The molecule has 1 amide bonds. The molecule has 1 spiro atoms. The van der Waals surface area contributed by atoms with Crippen molar-refractivity contribution >= 4 is 16.9 Å². The summed E-state index contributed by atoms with van der Waals surface area (Å²) >= 11 is 0. The number of rotatable bonds is 2. The maximum absolute atomic E-state index is 13.1. The molecule has 1 aromatic carbocycles. The van der Waals surface area contributed by atoms with Gasteiger partial charge in [0.05, 0.1) is 30.2 Å². The van der Waals surface area contributed by atoms with Gasteiger partial charge in [0.2, 0.25) is 5.91 Å². The van der Waals surface area contributed by atoms with Crippen LogP contribution in [0.15, 0.2) is 29.1 Å². The topological polar surface area (TPSA) is 65.4 Å². The fraction of sp³-hybridized carbons (Fsp3) is 0.478. The number of likely N-dealkylation sites (tertiary alicyclic amines) is 1. The summed E-state index contributed by atoms with van der Waals surface area (Å²) in [6, 6.07) is 4.19. The normalized spacial score (nSPS) is 19.1. The van der Waals surface area contributed by atoms with Crippen LogP contribution < -0.4 is 0 Å². The maximum atomic E-state index is 13.1. The van der Waals surface area contributed by atoms with Crippen LogP contribution in [0.2, 0.25) is 0 Å². The van der Waals surface area contributed by atoms with Gasteiger partial charge in [-0.1, -0.05) is 6.07 Å². The fourth-order valence-electron chi connectivity index (χ4n) is 5.36. The number of carbonyl (C=O) groups is 1. The average molecular weight is 393 g/mol. The van der Waals surface area contributed by atoms with Gasteiger partial charge in [-0.2, -0.15) is 0 Å². The van der Waals surface area contributed by atoms with Gasteiger partial charge in [0.25, 0.3) is 0 Å². The number of nitrogens with zero attached hydrogens (tertiary/aromatic N) is 3. The van der Waals surface area contributed by atoms with Gasteiger partial charge in [-0.25, -0.2) is 4.98 Å². The first-order chi connectivity index (χ1) is 14.0. The molecule has 6 nitrogen and oxygen atoms in total. The smallest absolute Gasteiger partial charge is 0.227 e. The number of benzene rings is 1. The molecule has 0 atom stereocenters. The third-order valence-electron chi connectivity index (χ3n) is 6.96. The molecule has 29 heavy (non-hydrogen) atoms. The van der Waals surface area contributed by atoms with Crippen molar-refractivity contribution in [3.63, 3.8) is 0 Å². The van der Waals surface area contributed by atoms with Crippen molar-refractivity contribution in [3.05, 3.63) is 52.8 Å². The highest BCUT2D eigenvalue weighted by atomic mass is 16.3. The summed E-state index contributed by atoms with van der Waals surface area (Å²) in [5, 5.41) is 1.09. The Kier molecular flexibility index (Phi) is 4.28. The first kappa shape index (κ1) is 18.4. The lowest BCUT2D eigenvalue weighted by Gasteiger charge is -2.49. The zero-order chi connectivity index (χ0) is 20.2. The molecule has 1 fully saturated rings. The largest absolute Gasteiger partial charge is 0.464 e. The van der Waals surface area contributed by atoms with Crippen molar-refractivity contribution < 1.29 is 9.21 Å². The van der Waals surface area contributed by atoms with Crippen LogP contribution in [0.5, 0.6) is 0 Å². The minimum atomic E-state index is -0.0409. The third-order valence-corrected chi connectivity index (χ3v) is 6.96. The first-order valence-electron chi connectivity index (χ1n) is 10.5. The summed E-state index contributed by atoms with van der Waals surface area (Å²) in [5.41, 5.74) is 6.62. The van der Waals surface area contributed by atoms with E-state index < -0.39 is 0 Å². The predicted molar refractivity (Wildman–Crippen MR) is 112 cm³/mol. The number of nitrogens with one attached hydrogen (secondary N) is 1. The molecule has 4 heterocycles. The van der Waals surface area contributed by atoms with Crippen LogP contribution in [0.4, 0.5) is 0 Å². The van der Waals surface area contributed by atoms with Crippen molar-refractivity contribution in [1.82, 2.24) is 19.8 Å². The second kappa shape index (κ2) is 6.73. The number of furan rings is 1. The monoisotopic (exact) mass is 392 g/mol. The van der Waals surface area contributed by atoms with Gasteiger partial charge in [0.15, 0.2) is 0 Å². The molecule has 5 rings (SSSR count). The lowest BCUT2D eigenvalue weighted by molar-refractivity contribution is -0.133. The summed E-state index contributed by atoms with van der Waals surface area (Å²) < 4.78 is 5.74. The van der Waals surface area contributed by atoms with Crippen LogP contribution in [0.25, 0.3) is 11.0 Å². The van der Waals surface area contributed by atoms with Crippen molar-refractivity contribution in [3.8, 4) is 0 Å². The Bertz CT molecular complexity index is 1070. The Hall–Kier alpha value is -2.60. The van der Waals surface area contributed by atoms with E-state index in [9.17, 15) is 4.79 Å². The molecular weight excluding hydrogens is 364 g/mol. The van der Waals surface area contributed by atoms with Crippen LogP contribution in [-0.4, -0.2) is 52.4 Å². The number of aromatic amines is 1. The molecular formula is C23H28N4O2. The summed E-state index contributed by atoms with van der Waals surface area (Å²) in [6.45, 7) is 6.72. The number of carbonyl (C=O) groups excluding carboxylic acids is 1. The Morgan fingerprint density at radius 1 is 1.24 bits per heavy atom. The van der Waals surface area contributed by atoms with E-state index >= 15 is 0 Å². The molecule has 2 aliphatic heterocycles. The molecule has 6 heteroatoms. The highest BCUT2D eigenvalue weighted by Gasteiger charge is 2.45. The standard InChI is InChI=1S/C23H28N4O2/c1-15-10-16(2)21-17(13-29-19(21)11-15)12-20(28)27-8-5-23(6-9-27)22-18(24-14-25-22)4-7-26(23)3/h10-11,13-14H,4-9,12H2,1-3H3,(H,24,25). The van der Waals surface area contributed by atoms with Crippen molar-refractivity contribution in [2.45, 2.75) is 45.1 Å². The quantitative estimate of drug-likeness (QED) is 0.727. The molecule has 152 valence electrons. The van der Waals surface area contributed by atoms with E-state index in [1.165, 1.54) is 22.5 Å². The highest BCUT2D eigenvalue weighted by molar-refractivity contribution is 5.90. The van der Waals surface area contributed by atoms with Gasteiger partial charge in [-0.15, -0.1) is 0 Å². The van der Waals surface area contributed by atoms with Crippen molar-refractivity contribution in [2.24, 2.45) is 0 Å². The number of aromatic nitrogens is 2. The first-order valence-corrected chi connectivity index (χ1v) is 10.5. The molecule has 0 saturated carbocycles. The Labute approximate surface area is 170 Å². The van der Waals surface area contributed by atoms with E-state index in [1.807, 2.05) is 17.3 Å². The zero-order valence-electron chi connectivity index (χ0n) is 17.4. The van der Waals surface area contributed by atoms with Crippen LogP contribution in [0, 0.1) is 13.8 Å². The van der Waals surface area contributed by atoms with Crippen molar-refractivity contribution in [2.75, 3.05) is 26.7 Å². The minimum Gasteiger partial charge on any atom is -0.464 e. The van der Waals surface area contributed by atoms with Crippen LogP contribution >= 0.6 is 0 Å². The molecule has 2 aliphatic rings. The average Bonchev–Trinajstić information content (AvgIpc) is 3.33. The zero-order valence-corrected chi connectivity index (χ0v) is 17.4. The van der Waals surface area contributed by atoms with E-state index in [0.29, 0.717) is 6.42 Å². The summed E-state index contributed by atoms with van der Waals surface area (Å²) in [4.78, 5) is 25.5. The Morgan fingerprint density at radius 2 is 2.03 bits per heavy atom. The van der Waals surface area contributed by atoms with Gasteiger partial charge in [0.1, 0.15) is 5.58 Å². The van der Waals surface area contributed by atoms with Gasteiger partial charge in [-0.05, 0) is 50.9 Å². The molecule has 0 bridgehead atoms. The van der Waals surface area contributed by atoms with Crippen molar-refractivity contribution in [1.29, 1.82) is 0 Å². The number of amides is 1.